The van der Waals surface area contributed by atoms with E-state index in [0.717, 1.165) is 13.0 Å². The lowest BCUT2D eigenvalue weighted by molar-refractivity contribution is 0.198. The molecule has 8 nitrogen and oxygen atoms in total. The largest absolute Gasteiger partial charge is 0.497 e. The molecule has 0 amide bonds. The van der Waals surface area contributed by atoms with Gasteiger partial charge in [0.2, 0.25) is 0 Å². The van der Waals surface area contributed by atoms with Crippen LogP contribution in [0.5, 0.6) is 11.5 Å². The van der Waals surface area contributed by atoms with Crippen molar-refractivity contribution in [3.05, 3.63) is 36.5 Å². The minimum Gasteiger partial charge on any atom is -0.497 e. The highest BCUT2D eigenvalue weighted by Gasteiger charge is 2.20. The average molecular weight is 381 g/mol. The van der Waals surface area contributed by atoms with Gasteiger partial charge in [0.1, 0.15) is 22.2 Å². The van der Waals surface area contributed by atoms with Gasteiger partial charge in [0, 0.05) is 26.3 Å². The number of benzene rings is 1. The number of pyridine rings is 1. The Labute approximate surface area is 153 Å². The van der Waals surface area contributed by atoms with Gasteiger partial charge < -0.3 is 19.5 Å². The van der Waals surface area contributed by atoms with Gasteiger partial charge in [0.15, 0.2) is 0 Å². The van der Waals surface area contributed by atoms with E-state index in [9.17, 15) is 8.42 Å². The van der Waals surface area contributed by atoms with Crippen molar-refractivity contribution in [2.75, 3.05) is 44.5 Å². The first-order chi connectivity index (χ1) is 12.5. The number of nitrogens with zero attached hydrogens (tertiary/aromatic N) is 1. The first-order valence-corrected chi connectivity index (χ1v) is 9.42. The number of hydrogen-bond donors (Lipinski definition) is 2. The highest BCUT2D eigenvalue weighted by molar-refractivity contribution is 7.92. The van der Waals surface area contributed by atoms with Crippen molar-refractivity contribution < 1.29 is 22.6 Å². The van der Waals surface area contributed by atoms with Gasteiger partial charge in [-0.1, -0.05) is 0 Å². The monoisotopic (exact) mass is 381 g/mol. The molecule has 0 atom stereocenters. The minimum atomic E-state index is -3.83. The van der Waals surface area contributed by atoms with Gasteiger partial charge >= 0.3 is 0 Å². The molecule has 0 saturated heterocycles. The van der Waals surface area contributed by atoms with Crippen molar-refractivity contribution in [2.45, 2.75) is 11.3 Å². The van der Waals surface area contributed by atoms with E-state index in [1.807, 2.05) is 0 Å². The van der Waals surface area contributed by atoms with Gasteiger partial charge in [-0.25, -0.2) is 13.4 Å². The summed E-state index contributed by atoms with van der Waals surface area (Å²) in [5.41, 5.74) is 0.352. The molecule has 0 spiro atoms. The van der Waals surface area contributed by atoms with Crippen molar-refractivity contribution in [3.8, 4) is 11.5 Å². The lowest BCUT2D eigenvalue weighted by Gasteiger charge is -2.13. The summed E-state index contributed by atoms with van der Waals surface area (Å²) in [6, 6.07) is 7.84. The summed E-state index contributed by atoms with van der Waals surface area (Å²) in [7, 11) is 0.724. The van der Waals surface area contributed by atoms with E-state index in [-0.39, 0.29) is 10.6 Å². The van der Waals surface area contributed by atoms with Crippen LogP contribution in [-0.4, -0.2) is 47.9 Å². The van der Waals surface area contributed by atoms with Crippen LogP contribution in [0.3, 0.4) is 0 Å². The van der Waals surface area contributed by atoms with Crippen LogP contribution in [0.2, 0.25) is 0 Å². The number of methoxy groups -OCH3 is 3. The van der Waals surface area contributed by atoms with E-state index >= 15 is 0 Å². The molecule has 0 bridgehead atoms. The third kappa shape index (κ3) is 5.24. The predicted molar refractivity (Wildman–Crippen MR) is 99.6 cm³/mol. The quantitative estimate of drug-likeness (QED) is 0.610. The van der Waals surface area contributed by atoms with Crippen LogP contribution in [0, 0.1) is 0 Å². The number of hydrogen-bond acceptors (Lipinski definition) is 7. The number of rotatable bonds is 10. The summed E-state index contributed by atoms with van der Waals surface area (Å²) in [5.74, 6) is 1.36. The Bertz CT molecular complexity index is 810. The molecule has 1 aromatic carbocycles. The van der Waals surface area contributed by atoms with Gasteiger partial charge in [-0.3, -0.25) is 4.72 Å². The SMILES string of the molecule is COCCCNc1ccc(NS(=O)(=O)c2ccc(OC)cc2OC)cn1. The summed E-state index contributed by atoms with van der Waals surface area (Å²) in [4.78, 5) is 4.21. The molecule has 0 fully saturated rings. The Kier molecular flexibility index (Phi) is 7.05. The number of nitrogens with one attached hydrogen (secondary N) is 2. The summed E-state index contributed by atoms with van der Waals surface area (Å²) in [5, 5.41) is 3.13. The Hall–Kier alpha value is -2.52. The first kappa shape index (κ1) is 19.8. The topological polar surface area (TPSA) is 98.8 Å². The second kappa shape index (κ2) is 9.25. The molecule has 0 unspecified atom stereocenters. The third-order valence-corrected chi connectivity index (χ3v) is 4.93. The highest BCUT2D eigenvalue weighted by Crippen LogP contribution is 2.29. The van der Waals surface area contributed by atoms with Crippen molar-refractivity contribution in [2.24, 2.45) is 0 Å². The summed E-state index contributed by atoms with van der Waals surface area (Å²) < 4.78 is 42.9. The molecule has 0 radical (unpaired) electrons. The van der Waals surface area contributed by atoms with E-state index in [1.54, 1.807) is 25.3 Å². The fraction of sp³-hybridized carbons (Fsp3) is 0.353. The van der Waals surface area contributed by atoms with Crippen LogP contribution in [0.15, 0.2) is 41.4 Å². The summed E-state index contributed by atoms with van der Waals surface area (Å²) in [6.45, 7) is 1.38. The molecule has 142 valence electrons. The molecule has 0 aliphatic rings. The standard InChI is InChI=1S/C17H23N3O5S/c1-23-10-4-9-18-17-8-5-13(12-19-17)20-26(21,22)16-7-6-14(24-2)11-15(16)25-3/h5-8,11-12,20H,4,9-10H2,1-3H3,(H,18,19). The lowest BCUT2D eigenvalue weighted by Crippen LogP contribution is -2.14. The molecule has 26 heavy (non-hydrogen) atoms. The maximum absolute atomic E-state index is 12.6. The van der Waals surface area contributed by atoms with Crippen LogP contribution in [0.25, 0.3) is 0 Å². The Morgan fingerprint density at radius 3 is 2.50 bits per heavy atom. The van der Waals surface area contributed by atoms with E-state index in [4.69, 9.17) is 14.2 Å². The number of sulfonamides is 1. The van der Waals surface area contributed by atoms with E-state index in [1.165, 1.54) is 32.5 Å². The smallest absolute Gasteiger partial charge is 0.265 e. The molecule has 1 aromatic heterocycles. The molecular formula is C17H23N3O5S. The second-order valence-electron chi connectivity index (χ2n) is 5.33. The van der Waals surface area contributed by atoms with E-state index in [2.05, 4.69) is 15.0 Å². The van der Waals surface area contributed by atoms with E-state index < -0.39 is 10.0 Å². The van der Waals surface area contributed by atoms with Crippen LogP contribution in [0.1, 0.15) is 6.42 Å². The van der Waals surface area contributed by atoms with Gasteiger partial charge in [-0.05, 0) is 30.7 Å². The zero-order valence-corrected chi connectivity index (χ0v) is 15.8. The highest BCUT2D eigenvalue weighted by atomic mass is 32.2. The molecule has 2 N–H and O–H groups in total. The number of anilines is 2. The second-order valence-corrected chi connectivity index (χ2v) is 6.98. The summed E-state index contributed by atoms with van der Waals surface area (Å²) in [6.07, 6.45) is 2.30. The molecule has 0 saturated carbocycles. The lowest BCUT2D eigenvalue weighted by atomic mass is 10.3. The number of aromatic nitrogens is 1. The van der Waals surface area contributed by atoms with Crippen LogP contribution >= 0.6 is 0 Å². The fourth-order valence-corrected chi connectivity index (χ4v) is 3.39. The zero-order chi connectivity index (χ0) is 19.0. The Morgan fingerprint density at radius 1 is 1.08 bits per heavy atom. The van der Waals surface area contributed by atoms with Crippen molar-refractivity contribution >= 4 is 21.5 Å². The van der Waals surface area contributed by atoms with Gasteiger partial charge in [0.25, 0.3) is 10.0 Å². The molecule has 0 aliphatic carbocycles. The average Bonchev–Trinajstić information content (AvgIpc) is 2.65. The van der Waals surface area contributed by atoms with E-state index in [0.29, 0.717) is 23.9 Å². The predicted octanol–water partition coefficient (Wildman–Crippen LogP) is 2.35. The molecule has 1 heterocycles. The Balaban J connectivity index is 2.09. The molecule has 9 heteroatoms. The van der Waals surface area contributed by atoms with Gasteiger partial charge in [-0.15, -0.1) is 0 Å². The third-order valence-electron chi connectivity index (χ3n) is 3.51. The van der Waals surface area contributed by atoms with Crippen molar-refractivity contribution in [1.29, 1.82) is 0 Å². The molecular weight excluding hydrogens is 358 g/mol. The molecule has 2 rings (SSSR count). The molecule has 2 aromatic rings. The van der Waals surface area contributed by atoms with Gasteiger partial charge in [-0.2, -0.15) is 0 Å². The normalized spacial score (nSPS) is 11.0. The number of ether oxygens (including phenoxy) is 3. The fourth-order valence-electron chi connectivity index (χ4n) is 2.20. The summed E-state index contributed by atoms with van der Waals surface area (Å²) >= 11 is 0. The van der Waals surface area contributed by atoms with Crippen LogP contribution in [-0.2, 0) is 14.8 Å². The zero-order valence-electron chi connectivity index (χ0n) is 15.0. The van der Waals surface area contributed by atoms with Crippen molar-refractivity contribution in [1.82, 2.24) is 4.98 Å². The van der Waals surface area contributed by atoms with Crippen LogP contribution < -0.4 is 19.5 Å². The minimum absolute atomic E-state index is 0.0163. The van der Waals surface area contributed by atoms with Crippen LogP contribution in [0.4, 0.5) is 11.5 Å². The van der Waals surface area contributed by atoms with Crippen molar-refractivity contribution in [3.63, 3.8) is 0 Å². The maximum Gasteiger partial charge on any atom is 0.265 e. The Morgan fingerprint density at radius 2 is 1.88 bits per heavy atom. The first-order valence-electron chi connectivity index (χ1n) is 7.94. The maximum atomic E-state index is 12.6. The van der Waals surface area contributed by atoms with Gasteiger partial charge in [0.05, 0.1) is 26.1 Å². The molecule has 0 aliphatic heterocycles.